The van der Waals surface area contributed by atoms with E-state index >= 15 is 0 Å². The smallest absolute Gasteiger partial charge is 0.306 e. The number of carboxylic acids is 1. The summed E-state index contributed by atoms with van der Waals surface area (Å²) in [6, 6.07) is 14.4. The van der Waals surface area contributed by atoms with Crippen LogP contribution in [0.4, 0.5) is 0 Å². The zero-order valence-corrected chi connectivity index (χ0v) is 14.6. The molecular formula is C20H17ClO5. The number of carbonyl (C=O) groups excluding carboxylic acids is 1. The molecule has 3 aromatic rings. The first-order valence-corrected chi connectivity index (χ1v) is 8.49. The lowest BCUT2D eigenvalue weighted by atomic mass is 9.90. The summed E-state index contributed by atoms with van der Waals surface area (Å²) in [5, 5.41) is 10.4. The number of fused-ring (bicyclic) bond motifs is 1. The van der Waals surface area contributed by atoms with E-state index in [1.54, 1.807) is 18.2 Å². The molecule has 0 aliphatic rings. The number of benzene rings is 2. The SMILES string of the molecule is O=C(O)CC(CC(=O)OCc1ccccc1)c1ccc(Cl)c2occc12. The molecule has 0 amide bonds. The molecule has 3 rings (SSSR count). The standard InChI is InChI=1S/C20H17ClO5/c21-17-7-6-15(16-8-9-25-20(16)17)14(10-18(22)23)11-19(24)26-12-13-4-2-1-3-5-13/h1-9,14H,10-12H2,(H,22,23). The van der Waals surface area contributed by atoms with E-state index in [-0.39, 0.29) is 19.4 Å². The van der Waals surface area contributed by atoms with Crippen molar-refractivity contribution >= 4 is 34.5 Å². The molecule has 1 atom stereocenters. The molecule has 5 nitrogen and oxygen atoms in total. The predicted molar refractivity (Wildman–Crippen MR) is 97.1 cm³/mol. The molecule has 134 valence electrons. The molecule has 0 aliphatic heterocycles. The highest BCUT2D eigenvalue weighted by Gasteiger charge is 2.23. The maximum absolute atomic E-state index is 12.3. The number of rotatable bonds is 7. The highest BCUT2D eigenvalue weighted by Crippen LogP contribution is 2.35. The van der Waals surface area contributed by atoms with Gasteiger partial charge in [-0.25, -0.2) is 0 Å². The highest BCUT2D eigenvalue weighted by molar-refractivity contribution is 6.34. The quantitative estimate of drug-likeness (QED) is 0.604. The summed E-state index contributed by atoms with van der Waals surface area (Å²) in [6.07, 6.45) is 1.26. The van der Waals surface area contributed by atoms with Crippen LogP contribution in [-0.4, -0.2) is 17.0 Å². The minimum atomic E-state index is -0.988. The van der Waals surface area contributed by atoms with Crippen molar-refractivity contribution in [1.82, 2.24) is 0 Å². The van der Waals surface area contributed by atoms with E-state index in [0.717, 1.165) is 5.56 Å². The number of hydrogen-bond donors (Lipinski definition) is 1. The van der Waals surface area contributed by atoms with Crippen LogP contribution in [0.1, 0.15) is 29.9 Å². The van der Waals surface area contributed by atoms with Gasteiger partial charge in [-0.15, -0.1) is 0 Å². The zero-order valence-electron chi connectivity index (χ0n) is 13.9. The second kappa shape index (κ2) is 8.06. The van der Waals surface area contributed by atoms with Gasteiger partial charge in [-0.1, -0.05) is 48.0 Å². The third-order valence-corrected chi connectivity index (χ3v) is 4.42. The van der Waals surface area contributed by atoms with E-state index in [1.807, 2.05) is 30.3 Å². The molecule has 2 aromatic carbocycles. The van der Waals surface area contributed by atoms with Crippen molar-refractivity contribution in [3.05, 3.63) is 70.9 Å². The van der Waals surface area contributed by atoms with Gasteiger partial charge < -0.3 is 14.3 Å². The molecule has 6 heteroatoms. The van der Waals surface area contributed by atoms with Crippen LogP contribution in [-0.2, 0) is 20.9 Å². The van der Waals surface area contributed by atoms with Crippen molar-refractivity contribution in [1.29, 1.82) is 0 Å². The predicted octanol–water partition coefficient (Wildman–Crippen LogP) is 4.78. The Morgan fingerprint density at radius 3 is 2.58 bits per heavy atom. The molecule has 26 heavy (non-hydrogen) atoms. The first-order chi connectivity index (χ1) is 12.5. The number of aliphatic carboxylic acids is 1. The van der Waals surface area contributed by atoms with E-state index < -0.39 is 17.9 Å². The Balaban J connectivity index is 1.77. The number of halogens is 1. The van der Waals surface area contributed by atoms with Crippen molar-refractivity contribution in [3.8, 4) is 0 Å². The van der Waals surface area contributed by atoms with Gasteiger partial charge in [-0.05, 0) is 23.3 Å². The topological polar surface area (TPSA) is 76.7 Å². The molecule has 1 N–H and O–H groups in total. The van der Waals surface area contributed by atoms with Crippen molar-refractivity contribution in [2.24, 2.45) is 0 Å². The van der Waals surface area contributed by atoms with Crippen LogP contribution < -0.4 is 0 Å². The summed E-state index contributed by atoms with van der Waals surface area (Å²) in [6.45, 7) is 0.154. The first kappa shape index (κ1) is 18.0. The summed E-state index contributed by atoms with van der Waals surface area (Å²) in [5.74, 6) is -1.97. The molecule has 0 bridgehead atoms. The van der Waals surface area contributed by atoms with E-state index in [4.69, 9.17) is 20.8 Å². The molecule has 0 fully saturated rings. The summed E-state index contributed by atoms with van der Waals surface area (Å²) in [4.78, 5) is 23.5. The highest BCUT2D eigenvalue weighted by atomic mass is 35.5. The molecule has 0 saturated heterocycles. The normalized spacial score (nSPS) is 12.0. The van der Waals surface area contributed by atoms with Gasteiger partial charge in [-0.3, -0.25) is 9.59 Å². The van der Waals surface area contributed by atoms with Crippen LogP contribution in [0.15, 0.2) is 59.2 Å². The molecular weight excluding hydrogens is 356 g/mol. The van der Waals surface area contributed by atoms with Gasteiger partial charge in [0.2, 0.25) is 0 Å². The molecule has 0 aliphatic carbocycles. The maximum Gasteiger partial charge on any atom is 0.306 e. The lowest BCUT2D eigenvalue weighted by Crippen LogP contribution is -2.14. The number of furan rings is 1. The molecule has 1 aromatic heterocycles. The third kappa shape index (κ3) is 4.24. The zero-order chi connectivity index (χ0) is 18.5. The third-order valence-electron chi connectivity index (χ3n) is 4.12. The van der Waals surface area contributed by atoms with Gasteiger partial charge in [-0.2, -0.15) is 0 Å². The van der Waals surface area contributed by atoms with Gasteiger partial charge in [0.05, 0.1) is 24.1 Å². The van der Waals surface area contributed by atoms with Gasteiger partial charge in [0.1, 0.15) is 6.61 Å². The van der Waals surface area contributed by atoms with E-state index in [9.17, 15) is 14.7 Å². The summed E-state index contributed by atoms with van der Waals surface area (Å²) in [5.41, 5.74) is 2.06. The average molecular weight is 373 g/mol. The number of carbonyl (C=O) groups is 2. The number of carboxylic acid groups (broad SMARTS) is 1. The molecule has 1 unspecified atom stereocenters. The number of ether oxygens (including phenoxy) is 1. The van der Waals surface area contributed by atoms with Gasteiger partial charge in [0.15, 0.2) is 5.58 Å². The second-order valence-corrected chi connectivity index (χ2v) is 6.35. The van der Waals surface area contributed by atoms with Crippen molar-refractivity contribution in [2.75, 3.05) is 0 Å². The Labute approximate surface area is 155 Å². The minimum absolute atomic E-state index is 0.0406. The maximum atomic E-state index is 12.3. The van der Waals surface area contributed by atoms with Crippen LogP contribution in [0, 0.1) is 0 Å². The Bertz CT molecular complexity index is 916. The van der Waals surface area contributed by atoms with Crippen LogP contribution in [0.25, 0.3) is 11.0 Å². The summed E-state index contributed by atoms with van der Waals surface area (Å²) >= 11 is 6.10. The fourth-order valence-corrected chi connectivity index (χ4v) is 3.12. The van der Waals surface area contributed by atoms with Crippen molar-refractivity contribution < 1.29 is 23.8 Å². The Hall–Kier alpha value is -2.79. The first-order valence-electron chi connectivity index (χ1n) is 8.11. The van der Waals surface area contributed by atoms with Crippen LogP contribution in [0.2, 0.25) is 5.02 Å². The van der Waals surface area contributed by atoms with Gasteiger partial charge in [0.25, 0.3) is 0 Å². The number of esters is 1. The molecule has 0 saturated carbocycles. The largest absolute Gasteiger partial charge is 0.481 e. The fraction of sp³-hybridized carbons (Fsp3) is 0.200. The second-order valence-electron chi connectivity index (χ2n) is 5.95. The monoisotopic (exact) mass is 372 g/mol. The number of hydrogen-bond acceptors (Lipinski definition) is 4. The minimum Gasteiger partial charge on any atom is -0.481 e. The van der Waals surface area contributed by atoms with E-state index in [1.165, 1.54) is 6.26 Å². The molecule has 1 heterocycles. The van der Waals surface area contributed by atoms with Crippen LogP contribution >= 0.6 is 11.6 Å². The summed E-state index contributed by atoms with van der Waals surface area (Å²) in [7, 11) is 0. The summed E-state index contributed by atoms with van der Waals surface area (Å²) < 4.78 is 10.7. The molecule has 0 spiro atoms. The fourth-order valence-electron chi connectivity index (χ4n) is 2.91. The van der Waals surface area contributed by atoms with Crippen LogP contribution in [0.5, 0.6) is 0 Å². The van der Waals surface area contributed by atoms with Crippen molar-refractivity contribution in [2.45, 2.75) is 25.4 Å². The Morgan fingerprint density at radius 1 is 1.08 bits per heavy atom. The van der Waals surface area contributed by atoms with Gasteiger partial charge >= 0.3 is 11.9 Å². The van der Waals surface area contributed by atoms with Crippen LogP contribution in [0.3, 0.4) is 0 Å². The Morgan fingerprint density at radius 2 is 1.85 bits per heavy atom. The average Bonchev–Trinajstić information content (AvgIpc) is 3.11. The van der Waals surface area contributed by atoms with Crippen molar-refractivity contribution in [3.63, 3.8) is 0 Å². The van der Waals surface area contributed by atoms with Gasteiger partial charge in [0, 0.05) is 11.3 Å². The van der Waals surface area contributed by atoms with E-state index in [2.05, 4.69) is 0 Å². The molecule has 0 radical (unpaired) electrons. The lowest BCUT2D eigenvalue weighted by molar-refractivity contribution is -0.145. The Kier molecular flexibility index (Phi) is 5.58. The lowest BCUT2D eigenvalue weighted by Gasteiger charge is -2.16. The van der Waals surface area contributed by atoms with E-state index in [0.29, 0.717) is 21.6 Å².